The van der Waals surface area contributed by atoms with Crippen LogP contribution in [0.25, 0.3) is 0 Å². The average molecular weight is 316 g/mol. The molecule has 23 heavy (non-hydrogen) atoms. The SMILES string of the molecule is CC(CC(O)c1ccccc1)NCc1cc([N+](=O)[O-])ccc1O. The molecular formula is C17H20N2O4. The van der Waals surface area contributed by atoms with E-state index in [1.807, 2.05) is 37.3 Å². The van der Waals surface area contributed by atoms with Gasteiger partial charge in [0.05, 0.1) is 11.0 Å². The van der Waals surface area contributed by atoms with Gasteiger partial charge in [0.25, 0.3) is 5.69 Å². The van der Waals surface area contributed by atoms with E-state index in [4.69, 9.17) is 0 Å². The zero-order chi connectivity index (χ0) is 16.8. The maximum Gasteiger partial charge on any atom is 0.270 e. The molecule has 2 aromatic carbocycles. The van der Waals surface area contributed by atoms with Gasteiger partial charge in [-0.1, -0.05) is 30.3 Å². The number of nitro groups is 1. The van der Waals surface area contributed by atoms with Gasteiger partial charge < -0.3 is 15.5 Å². The Morgan fingerprint density at radius 3 is 2.57 bits per heavy atom. The van der Waals surface area contributed by atoms with E-state index in [0.717, 1.165) is 5.56 Å². The summed E-state index contributed by atoms with van der Waals surface area (Å²) in [5, 5.41) is 33.9. The first-order chi connectivity index (χ1) is 11.0. The fraction of sp³-hybridized carbons (Fsp3) is 0.294. The minimum atomic E-state index is -0.586. The lowest BCUT2D eigenvalue weighted by atomic mass is 10.0. The Labute approximate surface area is 134 Å². The number of nitro benzene ring substituents is 1. The second kappa shape index (κ2) is 7.71. The number of non-ortho nitro benzene ring substituents is 1. The largest absolute Gasteiger partial charge is 0.508 e. The lowest BCUT2D eigenvalue weighted by Gasteiger charge is -2.18. The van der Waals surface area contributed by atoms with Gasteiger partial charge in [-0.2, -0.15) is 0 Å². The molecule has 0 aliphatic rings. The Kier molecular flexibility index (Phi) is 5.67. The number of nitrogens with zero attached hydrogens (tertiary/aromatic N) is 1. The maximum atomic E-state index is 10.8. The van der Waals surface area contributed by atoms with Crippen LogP contribution < -0.4 is 5.32 Å². The second-order valence-electron chi connectivity index (χ2n) is 5.51. The van der Waals surface area contributed by atoms with E-state index in [0.29, 0.717) is 12.0 Å². The molecule has 0 aliphatic carbocycles. The number of aliphatic hydroxyl groups excluding tert-OH is 1. The summed E-state index contributed by atoms with van der Waals surface area (Å²) < 4.78 is 0. The molecule has 122 valence electrons. The van der Waals surface area contributed by atoms with Crippen LogP contribution in [0.4, 0.5) is 5.69 Å². The molecule has 2 aromatic rings. The standard InChI is InChI=1S/C17H20N2O4/c1-12(9-17(21)13-5-3-2-4-6-13)18-11-14-10-15(19(22)23)7-8-16(14)20/h2-8,10,12,17-18,20-21H,9,11H2,1H3. The molecule has 6 nitrogen and oxygen atoms in total. The normalized spacial score (nSPS) is 13.5. The third kappa shape index (κ3) is 4.77. The number of benzene rings is 2. The van der Waals surface area contributed by atoms with Gasteiger partial charge >= 0.3 is 0 Å². The summed E-state index contributed by atoms with van der Waals surface area (Å²) in [4.78, 5) is 10.3. The first-order valence-electron chi connectivity index (χ1n) is 7.40. The third-order valence-electron chi connectivity index (χ3n) is 3.68. The molecule has 0 saturated carbocycles. The van der Waals surface area contributed by atoms with E-state index in [-0.39, 0.29) is 24.0 Å². The molecule has 0 aromatic heterocycles. The summed E-state index contributed by atoms with van der Waals surface area (Å²) in [6.45, 7) is 2.21. The van der Waals surface area contributed by atoms with E-state index < -0.39 is 11.0 Å². The topological polar surface area (TPSA) is 95.6 Å². The Bertz CT molecular complexity index is 661. The van der Waals surface area contributed by atoms with Crippen LogP contribution in [0.5, 0.6) is 5.75 Å². The van der Waals surface area contributed by atoms with Gasteiger partial charge in [0.1, 0.15) is 5.75 Å². The van der Waals surface area contributed by atoms with Crippen molar-refractivity contribution in [3.63, 3.8) is 0 Å². The fourth-order valence-electron chi connectivity index (χ4n) is 2.34. The first kappa shape index (κ1) is 16.9. The molecule has 2 atom stereocenters. The molecule has 0 radical (unpaired) electrons. The van der Waals surface area contributed by atoms with Crippen molar-refractivity contribution >= 4 is 5.69 Å². The highest BCUT2D eigenvalue weighted by atomic mass is 16.6. The highest BCUT2D eigenvalue weighted by Crippen LogP contribution is 2.23. The van der Waals surface area contributed by atoms with Gasteiger partial charge in [0, 0.05) is 30.3 Å². The van der Waals surface area contributed by atoms with Crippen LogP contribution >= 0.6 is 0 Å². The molecule has 0 heterocycles. The Hall–Kier alpha value is -2.44. The minimum absolute atomic E-state index is 0.0129. The molecule has 2 unspecified atom stereocenters. The Morgan fingerprint density at radius 1 is 1.22 bits per heavy atom. The molecular weight excluding hydrogens is 296 g/mol. The average Bonchev–Trinajstić information content (AvgIpc) is 2.54. The van der Waals surface area contributed by atoms with E-state index in [1.165, 1.54) is 18.2 Å². The lowest BCUT2D eigenvalue weighted by molar-refractivity contribution is -0.384. The molecule has 6 heteroatoms. The number of aliphatic hydroxyl groups is 1. The Balaban J connectivity index is 1.93. The predicted octanol–water partition coefficient (Wildman–Crippen LogP) is 2.90. The zero-order valence-electron chi connectivity index (χ0n) is 12.8. The van der Waals surface area contributed by atoms with Crippen LogP contribution in [0, 0.1) is 10.1 Å². The van der Waals surface area contributed by atoms with Crippen molar-refractivity contribution in [2.24, 2.45) is 0 Å². The first-order valence-corrected chi connectivity index (χ1v) is 7.40. The summed E-state index contributed by atoms with van der Waals surface area (Å²) in [6.07, 6.45) is -0.0860. The summed E-state index contributed by atoms with van der Waals surface area (Å²) in [5.74, 6) is 0.0129. The molecule has 0 amide bonds. The van der Waals surface area contributed by atoms with Crippen LogP contribution in [0.15, 0.2) is 48.5 Å². The number of nitrogens with one attached hydrogen (secondary N) is 1. The van der Waals surface area contributed by atoms with Crippen LogP contribution in [-0.2, 0) is 6.54 Å². The van der Waals surface area contributed by atoms with Crippen molar-refractivity contribution in [2.45, 2.75) is 32.0 Å². The van der Waals surface area contributed by atoms with Crippen molar-refractivity contribution in [2.75, 3.05) is 0 Å². The van der Waals surface area contributed by atoms with Crippen molar-refractivity contribution in [3.8, 4) is 5.75 Å². The van der Waals surface area contributed by atoms with E-state index in [2.05, 4.69) is 5.32 Å². The third-order valence-corrected chi connectivity index (χ3v) is 3.68. The number of phenols is 1. The molecule has 0 fully saturated rings. The minimum Gasteiger partial charge on any atom is -0.508 e. The van der Waals surface area contributed by atoms with Crippen LogP contribution in [0.1, 0.15) is 30.6 Å². The van der Waals surface area contributed by atoms with E-state index in [9.17, 15) is 20.3 Å². The zero-order valence-corrected chi connectivity index (χ0v) is 12.8. The number of hydrogen-bond acceptors (Lipinski definition) is 5. The number of hydrogen-bond donors (Lipinski definition) is 3. The highest BCUT2D eigenvalue weighted by molar-refractivity contribution is 5.42. The number of aromatic hydroxyl groups is 1. The highest BCUT2D eigenvalue weighted by Gasteiger charge is 2.14. The summed E-state index contributed by atoms with van der Waals surface area (Å²) in [6, 6.07) is 13.3. The van der Waals surface area contributed by atoms with Crippen LogP contribution in [0.2, 0.25) is 0 Å². The van der Waals surface area contributed by atoms with Gasteiger partial charge in [0.15, 0.2) is 0 Å². The molecule has 2 rings (SSSR count). The van der Waals surface area contributed by atoms with E-state index >= 15 is 0 Å². The second-order valence-corrected chi connectivity index (χ2v) is 5.51. The predicted molar refractivity (Wildman–Crippen MR) is 87.1 cm³/mol. The monoisotopic (exact) mass is 316 g/mol. The van der Waals surface area contributed by atoms with Gasteiger partial charge in [0.2, 0.25) is 0 Å². The maximum absolute atomic E-state index is 10.8. The smallest absolute Gasteiger partial charge is 0.270 e. The van der Waals surface area contributed by atoms with Gasteiger partial charge in [-0.15, -0.1) is 0 Å². The van der Waals surface area contributed by atoms with Gasteiger partial charge in [-0.05, 0) is 25.0 Å². The molecule has 0 spiro atoms. The van der Waals surface area contributed by atoms with Gasteiger partial charge in [-0.3, -0.25) is 10.1 Å². The summed E-state index contributed by atoms with van der Waals surface area (Å²) in [7, 11) is 0. The molecule has 0 saturated heterocycles. The number of rotatable bonds is 7. The lowest BCUT2D eigenvalue weighted by Crippen LogP contribution is -2.27. The van der Waals surface area contributed by atoms with E-state index in [1.54, 1.807) is 0 Å². The molecule has 0 aliphatic heterocycles. The molecule has 0 bridgehead atoms. The number of phenolic OH excluding ortho intramolecular Hbond substituents is 1. The van der Waals surface area contributed by atoms with Crippen molar-refractivity contribution in [1.29, 1.82) is 0 Å². The van der Waals surface area contributed by atoms with Crippen LogP contribution in [-0.4, -0.2) is 21.2 Å². The van der Waals surface area contributed by atoms with Crippen molar-refractivity contribution < 1.29 is 15.1 Å². The fourth-order valence-corrected chi connectivity index (χ4v) is 2.34. The van der Waals surface area contributed by atoms with Crippen molar-refractivity contribution in [1.82, 2.24) is 5.32 Å². The molecule has 3 N–H and O–H groups in total. The van der Waals surface area contributed by atoms with Crippen molar-refractivity contribution in [3.05, 3.63) is 69.8 Å². The summed E-state index contributed by atoms with van der Waals surface area (Å²) >= 11 is 0. The summed E-state index contributed by atoms with van der Waals surface area (Å²) in [5.41, 5.74) is 1.25. The quantitative estimate of drug-likeness (QED) is 0.539. The van der Waals surface area contributed by atoms with Crippen LogP contribution in [0.3, 0.4) is 0 Å². The Morgan fingerprint density at radius 2 is 1.91 bits per heavy atom. The van der Waals surface area contributed by atoms with Gasteiger partial charge in [-0.25, -0.2) is 0 Å².